The van der Waals surface area contributed by atoms with Crippen LogP contribution < -0.4 is 0 Å². The van der Waals surface area contributed by atoms with Crippen LogP contribution in [0.1, 0.15) is 29.7 Å². The average Bonchev–Trinajstić information content (AvgIpc) is 2.72. The number of hydrogen-bond donors (Lipinski definition) is 0. The van der Waals surface area contributed by atoms with E-state index in [2.05, 4.69) is 30.2 Å². The molecule has 2 rings (SSSR count). The second-order valence-corrected chi connectivity index (χ2v) is 4.97. The molecule has 1 aromatic heterocycles. The molecule has 1 fully saturated rings. The molecule has 0 saturated carbocycles. The molecule has 1 aromatic rings. The fourth-order valence-corrected chi connectivity index (χ4v) is 2.26. The van der Waals surface area contributed by atoms with Crippen LogP contribution in [-0.2, 0) is 9.47 Å². The molecule has 0 bridgehead atoms. The van der Waals surface area contributed by atoms with Gasteiger partial charge in [0.2, 0.25) is 0 Å². The number of ether oxygens (including phenoxy) is 2. The highest BCUT2D eigenvalue weighted by Crippen LogP contribution is 2.13. The maximum atomic E-state index is 5.52. The lowest BCUT2D eigenvalue weighted by atomic mass is 10.2. The van der Waals surface area contributed by atoms with Crippen LogP contribution in [0.2, 0.25) is 0 Å². The van der Waals surface area contributed by atoms with Crippen molar-refractivity contribution in [2.24, 2.45) is 0 Å². The molecule has 0 radical (unpaired) electrons. The van der Waals surface area contributed by atoms with E-state index in [-0.39, 0.29) is 6.29 Å². The lowest BCUT2D eigenvalue weighted by Crippen LogP contribution is -2.22. The van der Waals surface area contributed by atoms with Gasteiger partial charge in [-0.3, -0.25) is 0 Å². The third-order valence-corrected chi connectivity index (χ3v) is 3.30. The van der Waals surface area contributed by atoms with Crippen molar-refractivity contribution < 1.29 is 9.47 Å². The highest BCUT2D eigenvalue weighted by molar-refractivity contribution is 7.10. The monoisotopic (exact) mass is 236 g/mol. The van der Waals surface area contributed by atoms with Gasteiger partial charge in [0.1, 0.15) is 6.61 Å². The molecule has 0 amide bonds. The first-order valence-corrected chi connectivity index (χ1v) is 6.50. The van der Waals surface area contributed by atoms with E-state index in [9.17, 15) is 0 Å². The molecule has 0 aromatic carbocycles. The molecule has 1 unspecified atom stereocenters. The Kier molecular flexibility index (Phi) is 4.41. The Hall–Kier alpha value is -0.820. The summed E-state index contributed by atoms with van der Waals surface area (Å²) in [6.45, 7) is 3.36. The van der Waals surface area contributed by atoms with Gasteiger partial charge in [0.05, 0.1) is 0 Å². The van der Waals surface area contributed by atoms with Crippen molar-refractivity contribution in [3.05, 3.63) is 21.9 Å². The third kappa shape index (κ3) is 3.64. The fraction of sp³-hybridized carbons (Fsp3) is 0.538. The SMILES string of the molecule is Cc1cc(C#CCOC2CCCCO2)cs1. The summed E-state index contributed by atoms with van der Waals surface area (Å²) in [5.74, 6) is 6.10. The van der Waals surface area contributed by atoms with Crippen molar-refractivity contribution in [1.82, 2.24) is 0 Å². The first-order valence-electron chi connectivity index (χ1n) is 5.62. The molecule has 0 spiro atoms. The Morgan fingerprint density at radius 1 is 1.56 bits per heavy atom. The summed E-state index contributed by atoms with van der Waals surface area (Å²) in [5.41, 5.74) is 1.08. The summed E-state index contributed by atoms with van der Waals surface area (Å²) in [7, 11) is 0. The summed E-state index contributed by atoms with van der Waals surface area (Å²) >= 11 is 1.72. The second-order valence-electron chi connectivity index (χ2n) is 3.85. The number of hydrogen-bond acceptors (Lipinski definition) is 3. The average molecular weight is 236 g/mol. The quantitative estimate of drug-likeness (QED) is 0.735. The zero-order valence-electron chi connectivity index (χ0n) is 9.49. The fourth-order valence-electron chi connectivity index (χ4n) is 1.62. The van der Waals surface area contributed by atoms with Crippen molar-refractivity contribution in [1.29, 1.82) is 0 Å². The highest BCUT2D eigenvalue weighted by atomic mass is 32.1. The van der Waals surface area contributed by atoms with Crippen LogP contribution in [0.4, 0.5) is 0 Å². The van der Waals surface area contributed by atoms with E-state index < -0.39 is 0 Å². The summed E-state index contributed by atoms with van der Waals surface area (Å²) in [5, 5.41) is 2.07. The van der Waals surface area contributed by atoms with Gasteiger partial charge >= 0.3 is 0 Å². The van der Waals surface area contributed by atoms with Crippen LogP contribution in [0.5, 0.6) is 0 Å². The minimum absolute atomic E-state index is 0.0349. The predicted octanol–water partition coefficient (Wildman–Crippen LogP) is 2.95. The van der Waals surface area contributed by atoms with Crippen LogP contribution in [0.3, 0.4) is 0 Å². The molecule has 86 valence electrons. The van der Waals surface area contributed by atoms with Gasteiger partial charge in [0.25, 0.3) is 0 Å². The number of thiophene rings is 1. The molecule has 1 saturated heterocycles. The van der Waals surface area contributed by atoms with Gasteiger partial charge in [-0.1, -0.05) is 11.8 Å². The van der Waals surface area contributed by atoms with E-state index in [1.807, 2.05) is 0 Å². The largest absolute Gasteiger partial charge is 0.353 e. The molecule has 1 aliphatic rings. The van der Waals surface area contributed by atoms with Crippen LogP contribution in [0.15, 0.2) is 11.4 Å². The van der Waals surface area contributed by atoms with Crippen molar-refractivity contribution in [3.63, 3.8) is 0 Å². The Labute approximate surface area is 101 Å². The zero-order valence-corrected chi connectivity index (χ0v) is 10.3. The Bertz CT molecular complexity index is 380. The van der Waals surface area contributed by atoms with Gasteiger partial charge in [-0.05, 0) is 32.3 Å². The topological polar surface area (TPSA) is 18.5 Å². The van der Waals surface area contributed by atoms with Gasteiger partial charge in [-0.25, -0.2) is 0 Å². The van der Waals surface area contributed by atoms with Crippen LogP contribution in [-0.4, -0.2) is 19.5 Å². The van der Waals surface area contributed by atoms with E-state index in [4.69, 9.17) is 9.47 Å². The van der Waals surface area contributed by atoms with Gasteiger partial charge in [-0.15, -0.1) is 11.3 Å². The minimum Gasteiger partial charge on any atom is -0.353 e. The lowest BCUT2D eigenvalue weighted by Gasteiger charge is -2.21. The Morgan fingerprint density at radius 3 is 3.19 bits per heavy atom. The Morgan fingerprint density at radius 2 is 2.50 bits per heavy atom. The first kappa shape index (κ1) is 11.7. The predicted molar refractivity (Wildman–Crippen MR) is 65.5 cm³/mol. The van der Waals surface area contributed by atoms with E-state index in [0.29, 0.717) is 6.61 Å². The van der Waals surface area contributed by atoms with Gasteiger partial charge < -0.3 is 9.47 Å². The van der Waals surface area contributed by atoms with Crippen LogP contribution in [0, 0.1) is 18.8 Å². The summed E-state index contributed by atoms with van der Waals surface area (Å²) in [4.78, 5) is 1.29. The molecule has 2 nitrogen and oxygen atoms in total. The second kappa shape index (κ2) is 6.05. The number of aryl methyl sites for hydroxylation is 1. The molecule has 2 heterocycles. The molecule has 0 N–H and O–H groups in total. The molecule has 1 aliphatic heterocycles. The molecular weight excluding hydrogens is 220 g/mol. The molecular formula is C13H16O2S. The number of rotatable bonds is 2. The van der Waals surface area contributed by atoms with Crippen molar-refractivity contribution in [2.75, 3.05) is 13.2 Å². The van der Waals surface area contributed by atoms with Crippen LogP contribution >= 0.6 is 11.3 Å². The van der Waals surface area contributed by atoms with Gasteiger partial charge in [0, 0.05) is 22.4 Å². The maximum Gasteiger partial charge on any atom is 0.158 e. The highest BCUT2D eigenvalue weighted by Gasteiger charge is 2.12. The van der Waals surface area contributed by atoms with E-state index in [1.54, 1.807) is 11.3 Å². The molecule has 1 atom stereocenters. The lowest BCUT2D eigenvalue weighted by molar-refractivity contribution is -0.154. The summed E-state index contributed by atoms with van der Waals surface area (Å²) < 4.78 is 11.0. The van der Waals surface area contributed by atoms with Crippen molar-refractivity contribution in [3.8, 4) is 11.8 Å². The zero-order chi connectivity index (χ0) is 11.2. The summed E-state index contributed by atoms with van der Waals surface area (Å²) in [6, 6.07) is 2.09. The molecule has 3 heteroatoms. The third-order valence-electron chi connectivity index (χ3n) is 2.44. The minimum atomic E-state index is -0.0349. The van der Waals surface area contributed by atoms with Crippen molar-refractivity contribution in [2.45, 2.75) is 32.5 Å². The Balaban J connectivity index is 1.73. The molecule has 16 heavy (non-hydrogen) atoms. The maximum absolute atomic E-state index is 5.52. The van der Waals surface area contributed by atoms with Gasteiger partial charge in [0.15, 0.2) is 6.29 Å². The normalized spacial score (nSPS) is 20.2. The van der Waals surface area contributed by atoms with E-state index in [1.165, 1.54) is 11.3 Å². The van der Waals surface area contributed by atoms with E-state index >= 15 is 0 Å². The van der Waals surface area contributed by atoms with Crippen molar-refractivity contribution >= 4 is 11.3 Å². The first-order chi connectivity index (χ1) is 7.84. The smallest absolute Gasteiger partial charge is 0.158 e. The molecule has 0 aliphatic carbocycles. The van der Waals surface area contributed by atoms with Crippen LogP contribution in [0.25, 0.3) is 0 Å². The standard InChI is InChI=1S/C13H16O2S/c1-11-9-12(10-16-11)5-4-8-15-13-6-2-3-7-14-13/h9-10,13H,2-3,6-8H2,1H3. The van der Waals surface area contributed by atoms with E-state index in [0.717, 1.165) is 25.0 Å². The van der Waals surface area contributed by atoms with Gasteiger partial charge in [-0.2, -0.15) is 0 Å². The summed E-state index contributed by atoms with van der Waals surface area (Å²) in [6.07, 6.45) is 3.31.